The van der Waals surface area contributed by atoms with Crippen molar-refractivity contribution in [2.45, 2.75) is 58.8 Å². The Labute approximate surface area is 105 Å². The molecule has 0 rings (SSSR count). The molecule has 0 spiro atoms. The topological polar surface area (TPSA) is 47.9 Å². The lowest BCUT2D eigenvalue weighted by molar-refractivity contribution is -0.259. The first-order valence-corrected chi connectivity index (χ1v) is 6.54. The van der Waals surface area contributed by atoms with Crippen molar-refractivity contribution >= 4 is 0 Å². The summed E-state index contributed by atoms with van der Waals surface area (Å²) in [7, 11) is 0. The van der Waals surface area contributed by atoms with Crippen molar-refractivity contribution in [3.8, 4) is 0 Å². The maximum Gasteiger partial charge on any atom is 0.188 e. The number of aliphatic hydroxyl groups is 1. The van der Waals surface area contributed by atoms with E-state index in [1.807, 2.05) is 13.8 Å². The summed E-state index contributed by atoms with van der Waals surface area (Å²) in [6, 6.07) is 0. The van der Waals surface area contributed by atoms with Crippen molar-refractivity contribution in [1.82, 2.24) is 0 Å². The van der Waals surface area contributed by atoms with E-state index < -0.39 is 5.79 Å². The molecular formula is C13H28O4. The third-order valence-electron chi connectivity index (χ3n) is 2.25. The lowest BCUT2D eigenvalue weighted by Gasteiger charge is -2.30. The van der Waals surface area contributed by atoms with Gasteiger partial charge in [-0.3, -0.25) is 0 Å². The van der Waals surface area contributed by atoms with Crippen molar-refractivity contribution in [2.24, 2.45) is 0 Å². The smallest absolute Gasteiger partial charge is 0.188 e. The molecule has 17 heavy (non-hydrogen) atoms. The minimum absolute atomic E-state index is 0.0351. The quantitative estimate of drug-likeness (QED) is 0.450. The average molecular weight is 248 g/mol. The molecule has 0 heterocycles. The zero-order chi connectivity index (χ0) is 13.1. The molecule has 0 amide bonds. The van der Waals surface area contributed by atoms with Crippen molar-refractivity contribution in [2.75, 3.05) is 26.4 Å². The van der Waals surface area contributed by atoms with Crippen LogP contribution in [0.5, 0.6) is 0 Å². The molecule has 4 heteroatoms. The van der Waals surface area contributed by atoms with Gasteiger partial charge in [0.1, 0.15) is 0 Å². The van der Waals surface area contributed by atoms with Crippen LogP contribution in [-0.2, 0) is 14.2 Å². The Balaban J connectivity index is 3.55. The average Bonchev–Trinajstić information content (AvgIpc) is 2.27. The lowest BCUT2D eigenvalue weighted by Crippen LogP contribution is -2.39. The van der Waals surface area contributed by atoms with Crippen LogP contribution in [0.2, 0.25) is 0 Å². The first kappa shape index (κ1) is 16.8. The highest BCUT2D eigenvalue weighted by molar-refractivity contribution is 4.62. The molecule has 0 fully saturated rings. The van der Waals surface area contributed by atoms with Gasteiger partial charge in [-0.05, 0) is 33.6 Å². The number of ether oxygens (including phenoxy) is 3. The maximum absolute atomic E-state index is 9.23. The van der Waals surface area contributed by atoms with E-state index in [4.69, 9.17) is 14.2 Å². The van der Waals surface area contributed by atoms with E-state index in [9.17, 15) is 5.11 Å². The maximum atomic E-state index is 9.23. The Kier molecular flexibility index (Phi) is 9.74. The third kappa shape index (κ3) is 9.53. The van der Waals surface area contributed by atoms with Gasteiger partial charge >= 0.3 is 0 Å². The third-order valence-corrected chi connectivity index (χ3v) is 2.25. The Morgan fingerprint density at radius 3 is 2.29 bits per heavy atom. The van der Waals surface area contributed by atoms with E-state index in [0.717, 1.165) is 25.9 Å². The Hall–Kier alpha value is -0.160. The molecule has 0 aromatic heterocycles. The molecule has 0 aliphatic rings. The van der Waals surface area contributed by atoms with Gasteiger partial charge < -0.3 is 19.3 Å². The van der Waals surface area contributed by atoms with Gasteiger partial charge in [0.05, 0.1) is 19.3 Å². The molecule has 1 N–H and O–H groups in total. The molecule has 1 atom stereocenters. The van der Waals surface area contributed by atoms with Crippen LogP contribution < -0.4 is 0 Å². The van der Waals surface area contributed by atoms with E-state index in [1.165, 1.54) is 0 Å². The van der Waals surface area contributed by atoms with Crippen molar-refractivity contribution in [1.29, 1.82) is 0 Å². The molecule has 0 aromatic rings. The normalized spacial score (nSPS) is 15.2. The largest absolute Gasteiger partial charge is 0.391 e. The van der Waals surface area contributed by atoms with Gasteiger partial charge in [0, 0.05) is 13.2 Å². The number of unbranched alkanes of at least 4 members (excludes halogenated alkanes) is 1. The summed E-state index contributed by atoms with van der Waals surface area (Å²) in [5, 5.41) is 9.23. The summed E-state index contributed by atoms with van der Waals surface area (Å²) in [5.74, 6) is -0.891. The van der Waals surface area contributed by atoms with Crippen LogP contribution >= 0.6 is 0 Å². The van der Waals surface area contributed by atoms with Crippen LogP contribution in [-0.4, -0.2) is 43.4 Å². The second kappa shape index (κ2) is 9.83. The summed E-state index contributed by atoms with van der Waals surface area (Å²) in [6.45, 7) is 9.65. The van der Waals surface area contributed by atoms with Crippen molar-refractivity contribution < 1.29 is 19.3 Å². The monoisotopic (exact) mass is 248 g/mol. The minimum atomic E-state index is -0.891. The fourth-order valence-corrected chi connectivity index (χ4v) is 1.41. The SMILES string of the molecule is CCCCOCCCOC(C)(CO)OC(C)C. The standard InChI is InChI=1S/C13H28O4/c1-5-6-8-15-9-7-10-16-13(4,11-14)17-12(2)3/h12,14H,5-11H2,1-4H3. The number of hydrogen-bond donors (Lipinski definition) is 1. The van der Waals surface area contributed by atoms with Crippen LogP contribution in [0.3, 0.4) is 0 Å². The van der Waals surface area contributed by atoms with Gasteiger partial charge in [0.25, 0.3) is 0 Å². The van der Waals surface area contributed by atoms with Gasteiger partial charge in [0.2, 0.25) is 0 Å². The number of aliphatic hydroxyl groups excluding tert-OH is 1. The van der Waals surface area contributed by atoms with Gasteiger partial charge in [-0.1, -0.05) is 13.3 Å². The molecule has 0 aliphatic heterocycles. The molecule has 1 unspecified atom stereocenters. The van der Waals surface area contributed by atoms with Crippen LogP contribution in [0.15, 0.2) is 0 Å². The van der Waals surface area contributed by atoms with E-state index in [1.54, 1.807) is 6.92 Å². The molecule has 4 nitrogen and oxygen atoms in total. The Morgan fingerprint density at radius 1 is 1.12 bits per heavy atom. The van der Waals surface area contributed by atoms with Crippen LogP contribution in [0, 0.1) is 0 Å². The number of rotatable bonds is 11. The molecule has 0 aromatic carbocycles. The minimum Gasteiger partial charge on any atom is -0.391 e. The van der Waals surface area contributed by atoms with Gasteiger partial charge in [-0.25, -0.2) is 0 Å². The summed E-state index contributed by atoms with van der Waals surface area (Å²) in [5.41, 5.74) is 0. The molecule has 0 saturated heterocycles. The van der Waals surface area contributed by atoms with Gasteiger partial charge in [0.15, 0.2) is 5.79 Å². The number of hydrogen-bond acceptors (Lipinski definition) is 4. The van der Waals surface area contributed by atoms with Crippen molar-refractivity contribution in [3.63, 3.8) is 0 Å². The molecule has 0 aliphatic carbocycles. The first-order valence-electron chi connectivity index (χ1n) is 6.54. The Morgan fingerprint density at radius 2 is 1.76 bits per heavy atom. The van der Waals surface area contributed by atoms with Gasteiger partial charge in [-0.15, -0.1) is 0 Å². The summed E-state index contributed by atoms with van der Waals surface area (Å²) in [4.78, 5) is 0. The summed E-state index contributed by atoms with van der Waals surface area (Å²) >= 11 is 0. The van der Waals surface area contributed by atoms with E-state index >= 15 is 0 Å². The highest BCUT2D eigenvalue weighted by Crippen LogP contribution is 2.14. The fourth-order valence-electron chi connectivity index (χ4n) is 1.41. The molecule has 0 saturated carbocycles. The predicted octanol–water partition coefficient (Wildman–Crippen LogP) is 2.34. The summed E-state index contributed by atoms with van der Waals surface area (Å²) in [6.07, 6.45) is 3.11. The van der Waals surface area contributed by atoms with E-state index in [0.29, 0.717) is 13.2 Å². The molecule has 104 valence electrons. The molecule has 0 radical (unpaired) electrons. The van der Waals surface area contributed by atoms with E-state index in [2.05, 4.69) is 6.92 Å². The van der Waals surface area contributed by atoms with E-state index in [-0.39, 0.29) is 12.7 Å². The highest BCUT2D eigenvalue weighted by Gasteiger charge is 2.25. The molecule has 0 bridgehead atoms. The fraction of sp³-hybridized carbons (Fsp3) is 1.00. The Bertz CT molecular complexity index is 173. The summed E-state index contributed by atoms with van der Waals surface area (Å²) < 4.78 is 16.5. The van der Waals surface area contributed by atoms with Crippen LogP contribution in [0.4, 0.5) is 0 Å². The van der Waals surface area contributed by atoms with Crippen molar-refractivity contribution in [3.05, 3.63) is 0 Å². The lowest BCUT2D eigenvalue weighted by atomic mass is 10.3. The zero-order valence-corrected chi connectivity index (χ0v) is 11.7. The van der Waals surface area contributed by atoms with Gasteiger partial charge in [-0.2, -0.15) is 0 Å². The predicted molar refractivity (Wildman–Crippen MR) is 68.0 cm³/mol. The second-order valence-corrected chi connectivity index (χ2v) is 4.63. The zero-order valence-electron chi connectivity index (χ0n) is 11.7. The van der Waals surface area contributed by atoms with Crippen LogP contribution in [0.25, 0.3) is 0 Å². The molecular weight excluding hydrogens is 220 g/mol. The highest BCUT2D eigenvalue weighted by atomic mass is 16.7. The first-order chi connectivity index (χ1) is 8.04. The van der Waals surface area contributed by atoms with Crippen LogP contribution in [0.1, 0.15) is 47.0 Å². The second-order valence-electron chi connectivity index (χ2n) is 4.63.